The minimum atomic E-state index is 0. The van der Waals surface area contributed by atoms with Crippen LogP contribution in [0.2, 0.25) is 0 Å². The zero-order chi connectivity index (χ0) is 18.9. The van der Waals surface area contributed by atoms with Crippen LogP contribution in [0.15, 0.2) is 29.3 Å². The molecule has 152 valence electrons. The number of nitrogens with one attached hydrogen (secondary N) is 2. The summed E-state index contributed by atoms with van der Waals surface area (Å²) in [6.07, 6.45) is 3.34. The van der Waals surface area contributed by atoms with Crippen LogP contribution in [0.1, 0.15) is 35.7 Å². The summed E-state index contributed by atoms with van der Waals surface area (Å²) in [5, 5.41) is 6.72. The number of hydrogen-bond acceptors (Lipinski definition) is 3. The molecule has 1 atom stereocenters. The topological polar surface area (TPSA) is 60.0 Å². The molecular weight excluding hydrogens is 453 g/mol. The lowest BCUT2D eigenvalue weighted by atomic mass is 10.1. The average molecular weight is 487 g/mol. The third kappa shape index (κ3) is 7.65. The molecule has 1 fully saturated rings. The number of carbonyl (C=O) groups excluding carboxylic acids is 1. The summed E-state index contributed by atoms with van der Waals surface area (Å²) in [6.45, 7) is 5.71. The standard InChI is InChI=1S/C20H33N5O.HI/c1-5-21-20(23-15-18-10-7-13-25(18)4)22-12-11-16-8-6-9-17(14-16)19(26)24(2)3;/h6,8-9,14,18H,5,7,10-13,15H2,1-4H3,(H2,21,22,23);1H. The molecule has 1 aromatic carbocycles. The van der Waals surface area contributed by atoms with Gasteiger partial charge in [-0.15, -0.1) is 24.0 Å². The lowest BCUT2D eigenvalue weighted by molar-refractivity contribution is 0.0827. The largest absolute Gasteiger partial charge is 0.357 e. The average Bonchev–Trinajstić information content (AvgIpc) is 3.04. The maximum absolute atomic E-state index is 12.1. The van der Waals surface area contributed by atoms with Gasteiger partial charge in [-0.05, 0) is 57.5 Å². The van der Waals surface area contributed by atoms with Crippen LogP contribution >= 0.6 is 24.0 Å². The minimum Gasteiger partial charge on any atom is -0.357 e. The van der Waals surface area contributed by atoms with Crippen LogP contribution in [-0.2, 0) is 6.42 Å². The van der Waals surface area contributed by atoms with Crippen LogP contribution < -0.4 is 10.6 Å². The van der Waals surface area contributed by atoms with E-state index < -0.39 is 0 Å². The number of rotatable bonds is 7. The molecule has 0 aromatic heterocycles. The molecule has 2 N–H and O–H groups in total. The normalized spacial score (nSPS) is 17.3. The molecule has 0 spiro atoms. The first-order valence-electron chi connectivity index (χ1n) is 9.54. The van der Waals surface area contributed by atoms with Gasteiger partial charge in [0.1, 0.15) is 0 Å². The van der Waals surface area contributed by atoms with Crippen molar-refractivity contribution in [2.45, 2.75) is 32.2 Å². The Morgan fingerprint density at radius 2 is 2.11 bits per heavy atom. The van der Waals surface area contributed by atoms with E-state index in [2.05, 4.69) is 35.6 Å². The second kappa shape index (κ2) is 12.2. The van der Waals surface area contributed by atoms with Crippen LogP contribution in [0, 0.1) is 0 Å². The molecule has 1 aliphatic rings. The highest BCUT2D eigenvalue weighted by Gasteiger charge is 2.20. The van der Waals surface area contributed by atoms with E-state index >= 15 is 0 Å². The molecule has 1 unspecified atom stereocenters. The summed E-state index contributed by atoms with van der Waals surface area (Å²) in [5.41, 5.74) is 1.88. The van der Waals surface area contributed by atoms with Crippen LogP contribution in [0.5, 0.6) is 0 Å². The van der Waals surface area contributed by atoms with Crippen molar-refractivity contribution in [2.75, 3.05) is 47.3 Å². The Bertz CT molecular complexity index is 620. The fourth-order valence-electron chi connectivity index (χ4n) is 3.19. The summed E-state index contributed by atoms with van der Waals surface area (Å²) in [6, 6.07) is 8.40. The van der Waals surface area contributed by atoms with Gasteiger partial charge in [0.15, 0.2) is 5.96 Å². The molecule has 7 heteroatoms. The quantitative estimate of drug-likeness (QED) is 0.352. The van der Waals surface area contributed by atoms with Gasteiger partial charge >= 0.3 is 0 Å². The second-order valence-electron chi connectivity index (χ2n) is 7.07. The SMILES string of the molecule is CCNC(=NCC1CCCN1C)NCCc1cccc(C(=O)N(C)C)c1.I. The molecule has 1 aromatic rings. The van der Waals surface area contributed by atoms with Crippen molar-refractivity contribution < 1.29 is 4.79 Å². The summed E-state index contributed by atoms with van der Waals surface area (Å²) >= 11 is 0. The summed E-state index contributed by atoms with van der Waals surface area (Å²) in [5.74, 6) is 0.906. The summed E-state index contributed by atoms with van der Waals surface area (Å²) in [4.78, 5) is 20.8. The van der Waals surface area contributed by atoms with Crippen molar-refractivity contribution in [3.05, 3.63) is 35.4 Å². The Kier molecular flexibility index (Phi) is 10.7. The van der Waals surface area contributed by atoms with Crippen molar-refractivity contribution in [2.24, 2.45) is 4.99 Å². The Hall–Kier alpha value is -1.35. The molecule has 0 saturated carbocycles. The van der Waals surface area contributed by atoms with E-state index in [4.69, 9.17) is 4.99 Å². The lowest BCUT2D eigenvalue weighted by Gasteiger charge is -2.18. The van der Waals surface area contributed by atoms with Crippen LogP contribution in [0.4, 0.5) is 0 Å². The molecule has 27 heavy (non-hydrogen) atoms. The molecule has 0 aliphatic carbocycles. The molecule has 1 heterocycles. The van der Waals surface area contributed by atoms with Crippen LogP contribution in [0.3, 0.4) is 0 Å². The number of halogens is 1. The number of likely N-dealkylation sites (N-methyl/N-ethyl adjacent to an activating group) is 1. The number of benzene rings is 1. The Morgan fingerprint density at radius 3 is 2.74 bits per heavy atom. The molecule has 1 saturated heterocycles. The molecular formula is C20H34IN5O. The molecule has 0 bridgehead atoms. The Morgan fingerprint density at radius 1 is 1.33 bits per heavy atom. The first-order valence-corrected chi connectivity index (χ1v) is 9.54. The number of carbonyl (C=O) groups is 1. The first kappa shape index (κ1) is 23.7. The predicted molar refractivity (Wildman–Crippen MR) is 123 cm³/mol. The fraction of sp³-hybridized carbons (Fsp3) is 0.600. The number of aliphatic imine (C=N–C) groups is 1. The van der Waals surface area contributed by atoms with E-state index in [-0.39, 0.29) is 29.9 Å². The molecule has 1 aliphatic heterocycles. The van der Waals surface area contributed by atoms with Crippen LogP contribution in [0.25, 0.3) is 0 Å². The van der Waals surface area contributed by atoms with Crippen molar-refractivity contribution >= 4 is 35.8 Å². The Balaban J connectivity index is 0.00000364. The second-order valence-corrected chi connectivity index (χ2v) is 7.07. The number of nitrogens with zero attached hydrogens (tertiary/aromatic N) is 3. The van der Waals surface area contributed by atoms with Crippen molar-refractivity contribution in [3.8, 4) is 0 Å². The Labute approximate surface area is 180 Å². The van der Waals surface area contributed by atoms with Gasteiger partial charge in [0.2, 0.25) is 0 Å². The first-order chi connectivity index (χ1) is 12.5. The highest BCUT2D eigenvalue weighted by molar-refractivity contribution is 14.0. The maximum Gasteiger partial charge on any atom is 0.253 e. The summed E-state index contributed by atoms with van der Waals surface area (Å²) < 4.78 is 0. The smallest absolute Gasteiger partial charge is 0.253 e. The van der Waals surface area contributed by atoms with Gasteiger partial charge in [0.05, 0.1) is 6.54 Å². The zero-order valence-corrected chi connectivity index (χ0v) is 19.3. The molecule has 0 radical (unpaired) electrons. The zero-order valence-electron chi connectivity index (χ0n) is 17.0. The number of likely N-dealkylation sites (tertiary alicyclic amines) is 1. The van der Waals surface area contributed by atoms with Gasteiger partial charge in [-0.1, -0.05) is 12.1 Å². The van der Waals surface area contributed by atoms with E-state index in [0.29, 0.717) is 6.04 Å². The maximum atomic E-state index is 12.1. The van der Waals surface area contributed by atoms with E-state index in [9.17, 15) is 4.79 Å². The fourth-order valence-corrected chi connectivity index (χ4v) is 3.19. The number of guanidine groups is 1. The van der Waals surface area contributed by atoms with Crippen LogP contribution in [-0.4, -0.2) is 75.0 Å². The van der Waals surface area contributed by atoms with E-state index in [1.54, 1.807) is 19.0 Å². The third-order valence-corrected chi connectivity index (χ3v) is 4.76. The summed E-state index contributed by atoms with van der Waals surface area (Å²) in [7, 11) is 5.73. The van der Waals surface area contributed by atoms with Gasteiger partial charge < -0.3 is 20.4 Å². The lowest BCUT2D eigenvalue weighted by Crippen LogP contribution is -2.39. The van der Waals surface area contributed by atoms with Gasteiger partial charge in [0.25, 0.3) is 5.91 Å². The number of hydrogen-bond donors (Lipinski definition) is 2. The van der Waals surface area contributed by atoms with Crippen molar-refractivity contribution in [1.29, 1.82) is 0 Å². The number of amides is 1. The highest BCUT2D eigenvalue weighted by Crippen LogP contribution is 2.14. The van der Waals surface area contributed by atoms with E-state index in [1.807, 2.05) is 18.2 Å². The molecule has 1 amide bonds. The van der Waals surface area contributed by atoms with Gasteiger partial charge in [-0.3, -0.25) is 9.79 Å². The minimum absolute atomic E-state index is 0. The van der Waals surface area contributed by atoms with Gasteiger partial charge in [0, 0.05) is 38.8 Å². The van der Waals surface area contributed by atoms with Gasteiger partial charge in [-0.2, -0.15) is 0 Å². The molecule has 2 rings (SSSR count). The van der Waals surface area contributed by atoms with Crippen molar-refractivity contribution in [1.82, 2.24) is 20.4 Å². The van der Waals surface area contributed by atoms with E-state index in [0.717, 1.165) is 43.1 Å². The molecule has 6 nitrogen and oxygen atoms in total. The van der Waals surface area contributed by atoms with Crippen molar-refractivity contribution in [3.63, 3.8) is 0 Å². The predicted octanol–water partition coefficient (Wildman–Crippen LogP) is 2.20. The monoisotopic (exact) mass is 487 g/mol. The third-order valence-electron chi connectivity index (χ3n) is 4.76. The van der Waals surface area contributed by atoms with E-state index in [1.165, 1.54) is 19.4 Å². The van der Waals surface area contributed by atoms with Gasteiger partial charge in [-0.25, -0.2) is 0 Å². The highest BCUT2D eigenvalue weighted by atomic mass is 127.